The van der Waals surface area contributed by atoms with E-state index in [0.717, 1.165) is 22.3 Å². The van der Waals surface area contributed by atoms with Gasteiger partial charge < -0.3 is 0 Å². The Labute approximate surface area is 190 Å². The van der Waals surface area contributed by atoms with Crippen molar-refractivity contribution in [2.24, 2.45) is 0 Å². The summed E-state index contributed by atoms with van der Waals surface area (Å²) in [4.78, 5) is 13.0. The maximum atomic E-state index is 13.0. The van der Waals surface area contributed by atoms with Gasteiger partial charge in [0.1, 0.15) is 0 Å². The zero-order chi connectivity index (χ0) is 22.6. The van der Waals surface area contributed by atoms with Crippen molar-refractivity contribution in [1.29, 1.82) is 0 Å². The van der Waals surface area contributed by atoms with Crippen LogP contribution in [0.1, 0.15) is 22.3 Å². The van der Waals surface area contributed by atoms with Gasteiger partial charge >= 0.3 is 190 Å². The fourth-order valence-electron chi connectivity index (χ4n) is 4.02. The molecule has 0 aromatic heterocycles. The number of para-hydroxylation sites is 1. The number of rotatable bonds is 7. The van der Waals surface area contributed by atoms with Crippen LogP contribution in [-0.2, 0) is 11.1 Å². The van der Waals surface area contributed by atoms with Crippen LogP contribution in [0.3, 0.4) is 0 Å². The van der Waals surface area contributed by atoms with E-state index in [-0.39, 0.29) is 6.61 Å². The van der Waals surface area contributed by atoms with Crippen molar-refractivity contribution in [2.45, 2.75) is 27.4 Å². The van der Waals surface area contributed by atoms with Crippen LogP contribution in [0.25, 0.3) is 0 Å². The van der Waals surface area contributed by atoms with Gasteiger partial charge in [-0.2, -0.15) is 0 Å². The molecule has 0 saturated heterocycles. The number of hydrogen-bond donors (Lipinski definition) is 1. The summed E-state index contributed by atoms with van der Waals surface area (Å²) >= 11 is 0. The van der Waals surface area contributed by atoms with Gasteiger partial charge in [-0.25, -0.2) is 0 Å². The number of aryl methyl sites for hydroxylation is 3. The van der Waals surface area contributed by atoms with Crippen LogP contribution in [0, 0.1) is 20.8 Å². The van der Waals surface area contributed by atoms with Crippen molar-refractivity contribution in [3.05, 3.63) is 125 Å². The first-order valence-electron chi connectivity index (χ1n) is 10.8. The summed E-state index contributed by atoms with van der Waals surface area (Å²) in [5, 5.41) is 1.35. The SMILES string of the molecule is Cc1ccccc1OP(O)(OCc1ccccc1)(c1ccccc1C)c1ccccc1C. The van der Waals surface area contributed by atoms with Crippen LogP contribution >= 0.6 is 7.28 Å². The van der Waals surface area contributed by atoms with E-state index in [1.165, 1.54) is 0 Å². The van der Waals surface area contributed by atoms with Crippen molar-refractivity contribution in [2.75, 3.05) is 0 Å². The van der Waals surface area contributed by atoms with Gasteiger partial charge in [-0.3, -0.25) is 0 Å². The van der Waals surface area contributed by atoms with Gasteiger partial charge in [-0.1, -0.05) is 0 Å². The van der Waals surface area contributed by atoms with Crippen molar-refractivity contribution in [1.82, 2.24) is 0 Å². The first-order valence-corrected chi connectivity index (χ1v) is 12.8. The van der Waals surface area contributed by atoms with Crippen LogP contribution in [0.2, 0.25) is 0 Å². The standard InChI is InChI=1S/C28H29O3P/c1-22-13-7-10-18-26(22)31-32(29,27-19-11-8-14-23(27)2,28-20-12-9-15-24(28)3)30-21-25-16-5-4-6-17-25/h4-20,29H,21H2,1-3H3. The monoisotopic (exact) mass is 444 g/mol. The van der Waals surface area contributed by atoms with E-state index in [9.17, 15) is 4.89 Å². The molecule has 1 N–H and O–H groups in total. The Morgan fingerprint density at radius 2 is 1.06 bits per heavy atom. The summed E-state index contributed by atoms with van der Waals surface area (Å²) in [6, 6.07) is 33.2. The molecule has 0 aliphatic heterocycles. The molecule has 164 valence electrons. The molecular weight excluding hydrogens is 415 g/mol. The third-order valence-electron chi connectivity index (χ3n) is 5.76. The zero-order valence-corrected chi connectivity index (χ0v) is 19.6. The molecule has 0 saturated carbocycles. The second-order valence-electron chi connectivity index (χ2n) is 8.10. The Bertz CT molecular complexity index is 1170. The molecule has 0 heterocycles. The Hall–Kier alpha value is -2.97. The molecule has 4 aromatic rings. The minimum atomic E-state index is -4.61. The second kappa shape index (κ2) is 8.88. The molecule has 0 spiro atoms. The molecule has 0 aliphatic rings. The molecular formula is C28H29O3P. The molecule has 4 aromatic carbocycles. The average Bonchev–Trinajstić information content (AvgIpc) is 2.81. The van der Waals surface area contributed by atoms with Crippen LogP contribution in [0.4, 0.5) is 0 Å². The van der Waals surface area contributed by atoms with Gasteiger partial charge in [-0.15, -0.1) is 0 Å². The molecule has 4 heteroatoms. The van der Waals surface area contributed by atoms with Gasteiger partial charge in [0.25, 0.3) is 0 Å². The summed E-state index contributed by atoms with van der Waals surface area (Å²) in [6.07, 6.45) is 0. The van der Waals surface area contributed by atoms with Gasteiger partial charge in [0.2, 0.25) is 0 Å². The van der Waals surface area contributed by atoms with Gasteiger partial charge in [-0.05, 0) is 0 Å². The molecule has 3 nitrogen and oxygen atoms in total. The Kier molecular flexibility index (Phi) is 6.17. The predicted molar refractivity (Wildman–Crippen MR) is 134 cm³/mol. The van der Waals surface area contributed by atoms with Crippen molar-refractivity contribution >= 4 is 17.9 Å². The fraction of sp³-hybridized carbons (Fsp3) is 0.143. The summed E-state index contributed by atoms with van der Waals surface area (Å²) in [5.74, 6) is 0.604. The van der Waals surface area contributed by atoms with E-state index >= 15 is 0 Å². The average molecular weight is 445 g/mol. The van der Waals surface area contributed by atoms with E-state index in [2.05, 4.69) is 0 Å². The third kappa shape index (κ3) is 4.08. The Balaban J connectivity index is 2.00. The molecule has 0 fully saturated rings. The summed E-state index contributed by atoms with van der Waals surface area (Å²) in [6.45, 7) is 6.16. The minimum absolute atomic E-state index is 0.212. The number of hydrogen-bond acceptors (Lipinski definition) is 3. The molecule has 4 rings (SSSR count). The third-order valence-corrected chi connectivity index (χ3v) is 9.60. The molecule has 0 bridgehead atoms. The van der Waals surface area contributed by atoms with E-state index in [4.69, 9.17) is 9.05 Å². The summed E-state index contributed by atoms with van der Waals surface area (Å²) in [5.41, 5.74) is 3.72. The quantitative estimate of drug-likeness (QED) is 0.348. The topological polar surface area (TPSA) is 38.7 Å². The molecule has 0 amide bonds. The molecule has 0 radical (unpaired) electrons. The van der Waals surface area contributed by atoms with Crippen LogP contribution < -0.4 is 15.1 Å². The summed E-state index contributed by atoms with van der Waals surface area (Å²) in [7, 11) is -4.61. The zero-order valence-electron chi connectivity index (χ0n) is 18.7. The van der Waals surface area contributed by atoms with Crippen LogP contribution in [0.15, 0.2) is 103 Å². The van der Waals surface area contributed by atoms with Gasteiger partial charge in [0.15, 0.2) is 0 Å². The number of benzene rings is 4. The Morgan fingerprint density at radius 1 is 0.594 bits per heavy atom. The molecule has 32 heavy (non-hydrogen) atoms. The molecule has 0 atom stereocenters. The molecule has 0 aliphatic carbocycles. The van der Waals surface area contributed by atoms with Crippen LogP contribution in [0.5, 0.6) is 5.75 Å². The van der Waals surface area contributed by atoms with Crippen LogP contribution in [-0.4, -0.2) is 4.89 Å². The fourth-order valence-corrected chi connectivity index (χ4v) is 7.85. The van der Waals surface area contributed by atoms with Gasteiger partial charge in [0.05, 0.1) is 0 Å². The first-order chi connectivity index (χ1) is 15.4. The second-order valence-corrected chi connectivity index (χ2v) is 11.3. The van der Waals surface area contributed by atoms with Crippen molar-refractivity contribution < 1.29 is 13.9 Å². The normalized spacial score (nSPS) is 12.7. The summed E-state index contributed by atoms with van der Waals surface area (Å²) < 4.78 is 13.4. The maximum absolute atomic E-state index is 13.0. The van der Waals surface area contributed by atoms with E-state index in [1.807, 2.05) is 124 Å². The Morgan fingerprint density at radius 3 is 1.59 bits per heavy atom. The van der Waals surface area contributed by atoms with E-state index in [1.54, 1.807) is 0 Å². The van der Waals surface area contributed by atoms with E-state index < -0.39 is 7.28 Å². The van der Waals surface area contributed by atoms with Crippen molar-refractivity contribution in [3.63, 3.8) is 0 Å². The predicted octanol–water partition coefficient (Wildman–Crippen LogP) is 6.15. The first kappa shape index (κ1) is 22.2. The molecule has 0 unspecified atom stereocenters. The van der Waals surface area contributed by atoms with E-state index in [0.29, 0.717) is 16.4 Å². The van der Waals surface area contributed by atoms with Gasteiger partial charge in [0, 0.05) is 0 Å². The van der Waals surface area contributed by atoms with Crippen molar-refractivity contribution in [3.8, 4) is 5.75 Å².